The Bertz CT molecular complexity index is 384. The minimum absolute atomic E-state index is 0.0396. The minimum Gasteiger partial charge on any atom is -0.349 e. The predicted octanol–water partition coefficient (Wildman–Crippen LogP) is 0.445. The molecule has 0 heterocycles. The highest BCUT2D eigenvalue weighted by Gasteiger charge is 2.34. The van der Waals surface area contributed by atoms with Gasteiger partial charge in [0.15, 0.2) is 9.84 Å². The number of sulfone groups is 1. The fraction of sp³-hybridized carbons (Fsp3) is 0.917. The number of nitrogens with one attached hydrogen (secondary N) is 1. The van der Waals surface area contributed by atoms with E-state index in [0.717, 1.165) is 25.7 Å². The van der Waals surface area contributed by atoms with Gasteiger partial charge in [-0.05, 0) is 18.8 Å². The molecule has 0 unspecified atom stereocenters. The van der Waals surface area contributed by atoms with Gasteiger partial charge in [-0.3, -0.25) is 4.79 Å². The molecule has 0 aromatic heterocycles. The molecule has 0 aromatic carbocycles. The number of rotatable bonds is 6. The maximum absolute atomic E-state index is 11.8. The molecule has 1 rings (SSSR count). The number of carbonyl (C=O) groups excluding carboxylic acids is 1. The van der Waals surface area contributed by atoms with E-state index in [1.165, 1.54) is 0 Å². The van der Waals surface area contributed by atoms with E-state index in [4.69, 9.17) is 5.73 Å². The lowest BCUT2D eigenvalue weighted by atomic mass is 9.98. The quantitative estimate of drug-likeness (QED) is 0.737. The Labute approximate surface area is 109 Å². The molecule has 1 fully saturated rings. The Morgan fingerprint density at radius 1 is 1.33 bits per heavy atom. The Balaban J connectivity index is 2.56. The number of amides is 1. The topological polar surface area (TPSA) is 89.3 Å². The first kappa shape index (κ1) is 15.4. The van der Waals surface area contributed by atoms with Crippen molar-refractivity contribution in [1.29, 1.82) is 0 Å². The first-order valence-corrected chi connectivity index (χ1v) is 8.32. The summed E-state index contributed by atoms with van der Waals surface area (Å²) in [6.07, 6.45) is 3.77. The molecule has 6 heteroatoms. The van der Waals surface area contributed by atoms with Crippen LogP contribution in [0.15, 0.2) is 0 Å². The standard InChI is InChI=1S/C12H24N2O3S/c1-10(2)7-18(16,17)8-11(15)14-12(9-13)5-3-4-6-12/h10H,3-9,13H2,1-2H3,(H,14,15). The first-order valence-electron chi connectivity index (χ1n) is 6.50. The molecule has 0 aliphatic heterocycles. The van der Waals surface area contributed by atoms with E-state index in [-0.39, 0.29) is 17.2 Å². The lowest BCUT2D eigenvalue weighted by molar-refractivity contribution is -0.120. The smallest absolute Gasteiger partial charge is 0.235 e. The van der Waals surface area contributed by atoms with Crippen molar-refractivity contribution in [2.45, 2.75) is 45.1 Å². The second-order valence-electron chi connectivity index (χ2n) is 5.69. The zero-order valence-corrected chi connectivity index (χ0v) is 12.1. The van der Waals surface area contributed by atoms with Gasteiger partial charge in [0.1, 0.15) is 5.75 Å². The van der Waals surface area contributed by atoms with Crippen molar-refractivity contribution in [2.75, 3.05) is 18.1 Å². The van der Waals surface area contributed by atoms with Gasteiger partial charge in [-0.2, -0.15) is 0 Å². The van der Waals surface area contributed by atoms with Crippen molar-refractivity contribution in [3.05, 3.63) is 0 Å². The molecular weight excluding hydrogens is 252 g/mol. The third-order valence-corrected chi connectivity index (χ3v) is 5.17. The number of carbonyl (C=O) groups is 1. The lowest BCUT2D eigenvalue weighted by Gasteiger charge is -2.28. The monoisotopic (exact) mass is 276 g/mol. The van der Waals surface area contributed by atoms with Gasteiger partial charge in [-0.15, -0.1) is 0 Å². The van der Waals surface area contributed by atoms with Gasteiger partial charge in [-0.1, -0.05) is 26.7 Å². The van der Waals surface area contributed by atoms with Crippen LogP contribution in [-0.4, -0.2) is 37.9 Å². The summed E-state index contributed by atoms with van der Waals surface area (Å²) in [6.45, 7) is 4.03. The highest BCUT2D eigenvalue weighted by Crippen LogP contribution is 2.28. The summed E-state index contributed by atoms with van der Waals surface area (Å²) in [6, 6.07) is 0. The van der Waals surface area contributed by atoms with Crippen LogP contribution in [0.1, 0.15) is 39.5 Å². The third-order valence-electron chi connectivity index (χ3n) is 3.29. The van der Waals surface area contributed by atoms with Crippen LogP contribution in [0.3, 0.4) is 0 Å². The normalized spacial score (nSPS) is 19.1. The van der Waals surface area contributed by atoms with Gasteiger partial charge in [0.2, 0.25) is 5.91 Å². The third kappa shape index (κ3) is 4.57. The molecule has 0 radical (unpaired) electrons. The SMILES string of the molecule is CC(C)CS(=O)(=O)CC(=O)NC1(CN)CCCC1. The highest BCUT2D eigenvalue weighted by atomic mass is 32.2. The Morgan fingerprint density at radius 3 is 2.33 bits per heavy atom. The molecule has 106 valence electrons. The summed E-state index contributed by atoms with van der Waals surface area (Å²) in [7, 11) is -3.31. The fourth-order valence-electron chi connectivity index (χ4n) is 2.53. The zero-order chi connectivity index (χ0) is 13.8. The van der Waals surface area contributed by atoms with Gasteiger partial charge in [0.25, 0.3) is 0 Å². The van der Waals surface area contributed by atoms with Crippen LogP contribution in [0.2, 0.25) is 0 Å². The second kappa shape index (κ2) is 6.02. The lowest BCUT2D eigenvalue weighted by Crippen LogP contribution is -2.53. The van der Waals surface area contributed by atoms with Crippen LogP contribution >= 0.6 is 0 Å². The summed E-state index contributed by atoms with van der Waals surface area (Å²) in [5, 5.41) is 2.83. The summed E-state index contributed by atoms with van der Waals surface area (Å²) in [5.74, 6) is -0.746. The van der Waals surface area contributed by atoms with Crippen molar-refractivity contribution in [3.8, 4) is 0 Å². The van der Waals surface area contributed by atoms with Crippen LogP contribution in [0, 0.1) is 5.92 Å². The summed E-state index contributed by atoms with van der Waals surface area (Å²) >= 11 is 0. The summed E-state index contributed by atoms with van der Waals surface area (Å²) < 4.78 is 23.5. The van der Waals surface area contributed by atoms with E-state index in [9.17, 15) is 13.2 Å². The molecule has 0 bridgehead atoms. The van der Waals surface area contributed by atoms with Crippen molar-refractivity contribution < 1.29 is 13.2 Å². The number of hydrogen-bond acceptors (Lipinski definition) is 4. The number of nitrogens with two attached hydrogens (primary N) is 1. The van der Waals surface area contributed by atoms with Crippen LogP contribution < -0.4 is 11.1 Å². The second-order valence-corrected chi connectivity index (χ2v) is 7.80. The molecule has 0 spiro atoms. The van der Waals surface area contributed by atoms with Gasteiger partial charge < -0.3 is 11.1 Å². The van der Waals surface area contributed by atoms with E-state index < -0.39 is 21.5 Å². The predicted molar refractivity (Wildman–Crippen MR) is 71.9 cm³/mol. The van der Waals surface area contributed by atoms with Crippen LogP contribution in [0.25, 0.3) is 0 Å². The average Bonchev–Trinajstić information content (AvgIpc) is 2.63. The summed E-state index contributed by atoms with van der Waals surface area (Å²) in [4.78, 5) is 11.8. The van der Waals surface area contributed by atoms with E-state index in [1.807, 2.05) is 13.8 Å². The van der Waals surface area contributed by atoms with Gasteiger partial charge in [0.05, 0.1) is 11.3 Å². The van der Waals surface area contributed by atoms with Gasteiger partial charge >= 0.3 is 0 Å². The van der Waals surface area contributed by atoms with E-state index in [1.54, 1.807) is 0 Å². The molecule has 1 saturated carbocycles. The van der Waals surface area contributed by atoms with E-state index >= 15 is 0 Å². The first-order chi connectivity index (χ1) is 8.29. The maximum atomic E-state index is 11.8. The largest absolute Gasteiger partial charge is 0.349 e. The van der Waals surface area contributed by atoms with Crippen molar-refractivity contribution in [1.82, 2.24) is 5.32 Å². The Kier molecular flexibility index (Phi) is 5.16. The highest BCUT2D eigenvalue weighted by molar-refractivity contribution is 7.92. The maximum Gasteiger partial charge on any atom is 0.235 e. The van der Waals surface area contributed by atoms with Gasteiger partial charge in [-0.25, -0.2) is 8.42 Å². The molecule has 1 aliphatic rings. The molecule has 18 heavy (non-hydrogen) atoms. The molecule has 0 aromatic rings. The van der Waals surface area contributed by atoms with E-state index in [0.29, 0.717) is 6.54 Å². The molecule has 1 aliphatic carbocycles. The van der Waals surface area contributed by atoms with E-state index in [2.05, 4.69) is 5.32 Å². The van der Waals surface area contributed by atoms with Crippen LogP contribution in [-0.2, 0) is 14.6 Å². The zero-order valence-electron chi connectivity index (χ0n) is 11.2. The molecular formula is C12H24N2O3S. The van der Waals surface area contributed by atoms with Gasteiger partial charge in [0, 0.05) is 6.54 Å². The number of hydrogen-bond donors (Lipinski definition) is 2. The molecule has 0 saturated heterocycles. The molecule has 1 amide bonds. The molecule has 0 atom stereocenters. The van der Waals surface area contributed by atoms with Crippen LogP contribution in [0.5, 0.6) is 0 Å². The minimum atomic E-state index is -3.31. The average molecular weight is 276 g/mol. The van der Waals surface area contributed by atoms with Crippen molar-refractivity contribution in [3.63, 3.8) is 0 Å². The Morgan fingerprint density at radius 2 is 1.89 bits per heavy atom. The summed E-state index contributed by atoms with van der Waals surface area (Å²) in [5.41, 5.74) is 5.33. The van der Waals surface area contributed by atoms with Crippen LogP contribution in [0.4, 0.5) is 0 Å². The van der Waals surface area contributed by atoms with Crippen molar-refractivity contribution in [2.24, 2.45) is 11.7 Å². The Hall–Kier alpha value is -0.620. The molecule has 3 N–H and O–H groups in total. The fourth-order valence-corrected chi connectivity index (χ4v) is 4.14. The molecule has 5 nitrogen and oxygen atoms in total. The van der Waals surface area contributed by atoms with Crippen molar-refractivity contribution >= 4 is 15.7 Å².